The molecule has 0 fully saturated rings. The minimum Gasteiger partial charge on any atom is -0.492 e. The molecule has 1 aromatic rings. The van der Waals surface area contributed by atoms with Gasteiger partial charge in [0.25, 0.3) is 0 Å². The zero-order valence-corrected chi connectivity index (χ0v) is 19.1. The molecule has 0 amide bonds. The average molecular weight is 426 g/mol. The van der Waals surface area contributed by atoms with E-state index in [0.29, 0.717) is 5.57 Å². The van der Waals surface area contributed by atoms with Crippen LogP contribution in [0, 0.1) is 34.6 Å². The van der Waals surface area contributed by atoms with E-state index in [9.17, 15) is 10.5 Å². The molecule has 0 unspecified atom stereocenters. The molecule has 0 atom stereocenters. The van der Waals surface area contributed by atoms with E-state index in [4.69, 9.17) is 11.3 Å². The van der Waals surface area contributed by atoms with Gasteiger partial charge in [0.2, 0.25) is 0 Å². The minimum absolute atomic E-state index is 0.0622. The Morgan fingerprint density at radius 3 is 2.55 bits per heavy atom. The number of fused-ring (bicyclic) bond motifs is 1. The Morgan fingerprint density at radius 2 is 1.94 bits per heavy atom. The third-order valence-electron chi connectivity index (χ3n) is 4.82. The summed E-state index contributed by atoms with van der Waals surface area (Å²) in [5.41, 5.74) is 1.95. The maximum atomic E-state index is 9.84. The normalized spacial score (nSPS) is 20.5. The van der Waals surface area contributed by atoms with Gasteiger partial charge in [-0.15, -0.1) is 0 Å². The maximum absolute atomic E-state index is 9.84. The summed E-state index contributed by atoms with van der Waals surface area (Å²) >= 11 is 1.71. The van der Waals surface area contributed by atoms with Crippen LogP contribution in [0.15, 0.2) is 81.0 Å². The number of thioether (sulfide) groups is 1. The van der Waals surface area contributed by atoms with Crippen molar-refractivity contribution in [2.24, 2.45) is 5.41 Å². The molecule has 0 bridgehead atoms. The summed E-state index contributed by atoms with van der Waals surface area (Å²) in [6, 6.07) is 12.1. The second kappa shape index (κ2) is 8.35. The van der Waals surface area contributed by atoms with E-state index in [-0.39, 0.29) is 22.4 Å². The van der Waals surface area contributed by atoms with Crippen LogP contribution in [0.4, 0.5) is 0 Å². The van der Waals surface area contributed by atoms with E-state index in [1.807, 2.05) is 38.1 Å². The molecule has 2 aliphatic heterocycles. The third-order valence-corrected chi connectivity index (χ3v) is 5.88. The van der Waals surface area contributed by atoms with Crippen molar-refractivity contribution in [2.45, 2.75) is 45.1 Å². The van der Waals surface area contributed by atoms with E-state index < -0.39 is 5.60 Å². The molecule has 2 heterocycles. The highest BCUT2D eigenvalue weighted by Gasteiger charge is 2.39. The Hall–Kier alpha value is -3.46. The zero-order chi connectivity index (χ0) is 22.8. The lowest BCUT2D eigenvalue weighted by atomic mass is 9.91. The van der Waals surface area contributed by atoms with Gasteiger partial charge in [-0.1, -0.05) is 62.9 Å². The van der Waals surface area contributed by atoms with Gasteiger partial charge >= 0.3 is 5.70 Å². The van der Waals surface area contributed by atoms with Crippen molar-refractivity contribution < 1.29 is 4.74 Å². The molecular formula is C26H23N3OS. The van der Waals surface area contributed by atoms with Gasteiger partial charge in [-0.2, -0.15) is 5.26 Å². The molecule has 0 aromatic heterocycles. The van der Waals surface area contributed by atoms with Crippen molar-refractivity contribution in [1.29, 1.82) is 10.5 Å². The number of hydrogen-bond donors (Lipinski definition) is 0. The van der Waals surface area contributed by atoms with Gasteiger partial charge in [0.15, 0.2) is 5.76 Å². The Kier molecular flexibility index (Phi) is 5.99. The molecule has 0 N–H and O–H groups in total. The lowest BCUT2D eigenvalue weighted by Gasteiger charge is -2.23. The molecular weight excluding hydrogens is 402 g/mol. The van der Waals surface area contributed by atoms with Crippen molar-refractivity contribution in [1.82, 2.24) is 0 Å². The number of allylic oxidation sites excluding steroid dienone is 6. The molecule has 31 heavy (non-hydrogen) atoms. The van der Waals surface area contributed by atoms with E-state index in [1.165, 1.54) is 0 Å². The maximum Gasteiger partial charge on any atom is 0.304 e. The van der Waals surface area contributed by atoms with Gasteiger partial charge < -0.3 is 4.74 Å². The highest BCUT2D eigenvalue weighted by molar-refractivity contribution is 8.03. The number of nitrogens with zero attached hydrogens (tertiary/aromatic N) is 3. The van der Waals surface area contributed by atoms with Gasteiger partial charge in [-0.3, -0.25) is 0 Å². The lowest BCUT2D eigenvalue weighted by Crippen LogP contribution is -2.21. The Labute approximate surface area is 188 Å². The molecule has 5 heteroatoms. The molecule has 3 rings (SSSR count). The highest BCUT2D eigenvalue weighted by atomic mass is 32.2. The summed E-state index contributed by atoms with van der Waals surface area (Å²) in [7, 11) is 0. The van der Waals surface area contributed by atoms with Crippen LogP contribution >= 0.6 is 11.8 Å². The van der Waals surface area contributed by atoms with E-state index in [2.05, 4.69) is 62.0 Å². The van der Waals surface area contributed by atoms with Crippen LogP contribution in [0.25, 0.3) is 10.4 Å². The van der Waals surface area contributed by atoms with Crippen LogP contribution in [-0.4, -0.2) is 5.60 Å². The van der Waals surface area contributed by atoms with Crippen LogP contribution in [0.5, 0.6) is 0 Å². The standard InChI is InChI=1S/C26H23N3OS/c1-25(2,3)12-11-18-13-17(19-9-7-8-10-23(19)31-18)14-21-20(15-27)24(22(16-28)29-6)30-26(21,4)5/h7-14H,1-5H3/b12-11+,17-14+,24-22-. The predicted octanol–water partition coefficient (Wildman–Crippen LogP) is 6.95. The summed E-state index contributed by atoms with van der Waals surface area (Å²) in [5, 5.41) is 19.1. The molecule has 0 saturated carbocycles. The fourth-order valence-corrected chi connectivity index (χ4v) is 4.32. The van der Waals surface area contributed by atoms with Crippen LogP contribution in [0.1, 0.15) is 40.2 Å². The smallest absolute Gasteiger partial charge is 0.304 e. The van der Waals surface area contributed by atoms with E-state index in [1.54, 1.807) is 11.8 Å². The summed E-state index contributed by atoms with van der Waals surface area (Å²) < 4.78 is 5.92. The van der Waals surface area contributed by atoms with Gasteiger partial charge in [0.1, 0.15) is 11.7 Å². The number of benzene rings is 1. The first-order chi connectivity index (χ1) is 14.6. The van der Waals surface area contributed by atoms with Crippen molar-refractivity contribution in [3.63, 3.8) is 0 Å². The van der Waals surface area contributed by atoms with Gasteiger partial charge in [-0.05, 0) is 48.6 Å². The quantitative estimate of drug-likeness (QED) is 0.380. The monoisotopic (exact) mass is 425 g/mol. The van der Waals surface area contributed by atoms with E-state index >= 15 is 0 Å². The van der Waals surface area contributed by atoms with Gasteiger partial charge in [-0.25, -0.2) is 10.1 Å². The first-order valence-corrected chi connectivity index (χ1v) is 10.7. The average Bonchev–Trinajstić information content (AvgIpc) is 2.96. The summed E-state index contributed by atoms with van der Waals surface area (Å²) in [5.74, 6) is 0.0622. The second-order valence-corrected chi connectivity index (χ2v) is 9.97. The topological polar surface area (TPSA) is 61.2 Å². The zero-order valence-electron chi connectivity index (χ0n) is 18.3. The van der Waals surface area contributed by atoms with E-state index in [0.717, 1.165) is 20.9 Å². The van der Waals surface area contributed by atoms with Gasteiger partial charge in [0.05, 0.1) is 18.2 Å². The third kappa shape index (κ3) is 4.66. The largest absolute Gasteiger partial charge is 0.492 e. The van der Waals surface area contributed by atoms with Crippen molar-refractivity contribution in [2.75, 3.05) is 0 Å². The molecule has 1 aromatic carbocycles. The van der Waals surface area contributed by atoms with Crippen LogP contribution in [0.3, 0.4) is 0 Å². The number of rotatable bonds is 2. The SMILES string of the molecule is [C-]#[N+]/C(C#N)=C1\OC(C)(C)C(/C=C2C=C(/C=C/C(C)(C)C)Sc3ccccc3\2)=C1C#N. The van der Waals surface area contributed by atoms with Gasteiger partial charge in [0, 0.05) is 15.4 Å². The Balaban J connectivity index is 2.23. The number of ether oxygens (including phenoxy) is 1. The van der Waals surface area contributed by atoms with Crippen LogP contribution in [0.2, 0.25) is 0 Å². The molecule has 0 radical (unpaired) electrons. The molecule has 0 aliphatic carbocycles. The van der Waals surface area contributed by atoms with Crippen LogP contribution in [-0.2, 0) is 4.74 Å². The summed E-state index contributed by atoms with van der Waals surface area (Å²) in [6.45, 7) is 17.4. The summed E-state index contributed by atoms with van der Waals surface area (Å²) in [6.07, 6.45) is 8.36. The fraction of sp³-hybridized carbons (Fsp3) is 0.269. The summed E-state index contributed by atoms with van der Waals surface area (Å²) in [4.78, 5) is 5.48. The highest BCUT2D eigenvalue weighted by Crippen LogP contribution is 2.45. The molecule has 2 aliphatic rings. The van der Waals surface area contributed by atoms with Crippen molar-refractivity contribution >= 4 is 17.3 Å². The fourth-order valence-electron chi connectivity index (χ4n) is 3.31. The molecule has 0 saturated heterocycles. The van der Waals surface area contributed by atoms with Crippen molar-refractivity contribution in [3.05, 3.63) is 93.1 Å². The Bertz CT molecular complexity index is 1200. The second-order valence-electron chi connectivity index (χ2n) is 8.86. The minimum atomic E-state index is -0.838. The van der Waals surface area contributed by atoms with Crippen molar-refractivity contribution in [3.8, 4) is 12.1 Å². The number of nitriles is 2. The first-order valence-electron chi connectivity index (χ1n) is 9.85. The Morgan fingerprint density at radius 1 is 1.23 bits per heavy atom. The molecule has 0 spiro atoms. The molecule has 154 valence electrons. The predicted molar refractivity (Wildman–Crippen MR) is 124 cm³/mol. The molecule has 4 nitrogen and oxygen atoms in total. The number of hydrogen-bond acceptors (Lipinski definition) is 4. The lowest BCUT2D eigenvalue weighted by molar-refractivity contribution is 0.0953. The van der Waals surface area contributed by atoms with Crippen LogP contribution < -0.4 is 0 Å². The first kappa shape index (κ1) is 22.2.